The van der Waals surface area contributed by atoms with Crippen molar-refractivity contribution in [2.45, 2.75) is 6.18 Å². The second-order valence-electron chi connectivity index (χ2n) is 6.02. The molecule has 5 nitrogen and oxygen atoms in total. The van der Waals surface area contributed by atoms with Gasteiger partial charge < -0.3 is 15.5 Å². The molecule has 0 unspecified atom stereocenters. The van der Waals surface area contributed by atoms with E-state index in [1.54, 1.807) is 0 Å². The number of aromatic nitrogens is 1. The van der Waals surface area contributed by atoms with E-state index in [2.05, 4.69) is 10.3 Å². The Labute approximate surface area is 164 Å². The molecule has 3 heterocycles. The standard InChI is InChI=1S/C19H11F4N3O2S/c20-9-3-5-10(6-4-9)25-17(27)16-15(24)14-11(19(21,22)23)8-12(26-18(14)29-16)13-2-1-7-28-13/h1-8H,24H2,(H,25,27). The molecule has 0 fully saturated rings. The maximum absolute atomic E-state index is 13.7. The number of nitrogens with two attached hydrogens (primary N) is 1. The minimum absolute atomic E-state index is 0.0263. The maximum atomic E-state index is 13.7. The van der Waals surface area contributed by atoms with E-state index in [1.807, 2.05) is 0 Å². The summed E-state index contributed by atoms with van der Waals surface area (Å²) in [6.45, 7) is 0. The summed E-state index contributed by atoms with van der Waals surface area (Å²) in [6, 6.07) is 8.78. The van der Waals surface area contributed by atoms with Crippen molar-refractivity contribution in [1.82, 2.24) is 4.98 Å². The fraction of sp³-hybridized carbons (Fsp3) is 0.0526. The Morgan fingerprint density at radius 3 is 2.52 bits per heavy atom. The van der Waals surface area contributed by atoms with Gasteiger partial charge >= 0.3 is 6.18 Å². The molecular weight excluding hydrogens is 410 g/mol. The van der Waals surface area contributed by atoms with Crippen molar-refractivity contribution in [2.24, 2.45) is 0 Å². The maximum Gasteiger partial charge on any atom is 0.417 e. The molecule has 0 aliphatic carbocycles. The van der Waals surface area contributed by atoms with Gasteiger partial charge in [0, 0.05) is 11.1 Å². The Bertz CT molecular complexity index is 1200. The van der Waals surface area contributed by atoms with Crippen LogP contribution >= 0.6 is 11.3 Å². The van der Waals surface area contributed by atoms with Gasteiger partial charge in [0.2, 0.25) is 0 Å². The minimum atomic E-state index is -4.72. The molecule has 29 heavy (non-hydrogen) atoms. The van der Waals surface area contributed by atoms with Crippen LogP contribution in [0.1, 0.15) is 15.2 Å². The van der Waals surface area contributed by atoms with E-state index in [1.165, 1.54) is 30.5 Å². The van der Waals surface area contributed by atoms with Crippen LogP contribution in [0.3, 0.4) is 0 Å². The number of furan rings is 1. The summed E-state index contributed by atoms with van der Waals surface area (Å²) in [5.41, 5.74) is 4.82. The largest absolute Gasteiger partial charge is 0.463 e. The number of amides is 1. The van der Waals surface area contributed by atoms with E-state index in [-0.39, 0.29) is 37.9 Å². The zero-order valence-corrected chi connectivity index (χ0v) is 15.2. The van der Waals surface area contributed by atoms with E-state index >= 15 is 0 Å². The molecule has 0 spiro atoms. The van der Waals surface area contributed by atoms with Crippen LogP contribution in [-0.2, 0) is 6.18 Å². The van der Waals surface area contributed by atoms with Gasteiger partial charge in [0.05, 0.1) is 17.5 Å². The lowest BCUT2D eigenvalue weighted by Gasteiger charge is -2.10. The van der Waals surface area contributed by atoms with Crippen molar-refractivity contribution < 1.29 is 26.8 Å². The van der Waals surface area contributed by atoms with Gasteiger partial charge in [-0.1, -0.05) is 0 Å². The Morgan fingerprint density at radius 1 is 1.17 bits per heavy atom. The highest BCUT2D eigenvalue weighted by molar-refractivity contribution is 7.21. The number of hydrogen-bond donors (Lipinski definition) is 2. The van der Waals surface area contributed by atoms with Crippen molar-refractivity contribution in [3.8, 4) is 11.5 Å². The highest BCUT2D eigenvalue weighted by Gasteiger charge is 2.36. The predicted molar refractivity (Wildman–Crippen MR) is 101 cm³/mol. The molecule has 148 valence electrons. The lowest BCUT2D eigenvalue weighted by molar-refractivity contribution is -0.136. The third kappa shape index (κ3) is 3.54. The molecule has 3 aromatic heterocycles. The number of fused-ring (bicyclic) bond motifs is 1. The van der Waals surface area contributed by atoms with Crippen LogP contribution in [0, 0.1) is 5.82 Å². The first-order valence-corrected chi connectivity index (χ1v) is 8.96. The summed E-state index contributed by atoms with van der Waals surface area (Å²) >= 11 is 0.732. The second-order valence-corrected chi connectivity index (χ2v) is 7.02. The summed E-state index contributed by atoms with van der Waals surface area (Å²) in [7, 11) is 0. The van der Waals surface area contributed by atoms with Gasteiger partial charge in [-0.2, -0.15) is 13.2 Å². The first-order chi connectivity index (χ1) is 13.7. The first kappa shape index (κ1) is 18.9. The SMILES string of the molecule is Nc1c(C(=O)Nc2ccc(F)cc2)sc2nc(-c3ccco3)cc(C(F)(F)F)c12. The summed E-state index contributed by atoms with van der Waals surface area (Å²) < 4.78 is 59.2. The number of nitrogen functional groups attached to an aromatic ring is 1. The lowest BCUT2D eigenvalue weighted by Crippen LogP contribution is -2.12. The monoisotopic (exact) mass is 421 g/mol. The number of alkyl halides is 3. The fourth-order valence-electron chi connectivity index (χ4n) is 2.78. The van der Waals surface area contributed by atoms with Gasteiger partial charge in [-0.3, -0.25) is 4.79 Å². The van der Waals surface area contributed by atoms with Crippen LogP contribution in [0.15, 0.2) is 53.1 Å². The van der Waals surface area contributed by atoms with Crippen molar-refractivity contribution in [3.05, 3.63) is 65.0 Å². The molecule has 0 saturated heterocycles. The number of hydrogen-bond acceptors (Lipinski definition) is 5. The molecule has 0 saturated carbocycles. The van der Waals surface area contributed by atoms with Crippen LogP contribution < -0.4 is 11.1 Å². The number of carbonyl (C=O) groups excluding carboxylic acids is 1. The lowest BCUT2D eigenvalue weighted by atomic mass is 10.1. The van der Waals surface area contributed by atoms with E-state index < -0.39 is 23.5 Å². The van der Waals surface area contributed by atoms with Gasteiger partial charge in [0.1, 0.15) is 21.2 Å². The zero-order valence-electron chi connectivity index (χ0n) is 14.4. The highest BCUT2D eigenvalue weighted by atomic mass is 32.1. The van der Waals surface area contributed by atoms with Crippen LogP contribution in [0.5, 0.6) is 0 Å². The number of halogens is 4. The number of thiophene rings is 1. The van der Waals surface area contributed by atoms with E-state index in [0.717, 1.165) is 29.5 Å². The molecule has 3 N–H and O–H groups in total. The predicted octanol–water partition coefficient (Wildman–Crippen LogP) is 5.55. The Balaban J connectivity index is 1.83. The molecule has 1 amide bonds. The number of rotatable bonds is 3. The molecule has 4 rings (SSSR count). The van der Waals surface area contributed by atoms with Crippen molar-refractivity contribution >= 4 is 38.8 Å². The van der Waals surface area contributed by atoms with Crippen LogP contribution in [0.4, 0.5) is 28.9 Å². The number of nitrogens with one attached hydrogen (secondary N) is 1. The Kier molecular flexibility index (Phi) is 4.50. The molecular formula is C19H11F4N3O2S. The zero-order chi connectivity index (χ0) is 20.8. The number of pyridine rings is 1. The van der Waals surface area contributed by atoms with Gasteiger partial charge in [-0.05, 0) is 42.5 Å². The third-order valence-electron chi connectivity index (χ3n) is 4.09. The summed E-state index contributed by atoms with van der Waals surface area (Å²) in [5.74, 6) is -1.06. The quantitative estimate of drug-likeness (QED) is 0.425. The number of anilines is 2. The van der Waals surface area contributed by atoms with E-state index in [9.17, 15) is 22.4 Å². The molecule has 1 aromatic carbocycles. The summed E-state index contributed by atoms with van der Waals surface area (Å²) in [5, 5.41) is 2.14. The van der Waals surface area contributed by atoms with Crippen LogP contribution in [-0.4, -0.2) is 10.9 Å². The van der Waals surface area contributed by atoms with Gasteiger partial charge in [0.25, 0.3) is 5.91 Å². The minimum Gasteiger partial charge on any atom is -0.463 e. The van der Waals surface area contributed by atoms with E-state index in [4.69, 9.17) is 10.2 Å². The van der Waals surface area contributed by atoms with E-state index in [0.29, 0.717) is 0 Å². The molecule has 10 heteroatoms. The highest BCUT2D eigenvalue weighted by Crippen LogP contribution is 2.43. The van der Waals surface area contributed by atoms with Crippen molar-refractivity contribution in [1.29, 1.82) is 0 Å². The number of nitrogens with zero attached hydrogens (tertiary/aromatic N) is 1. The normalized spacial score (nSPS) is 11.7. The molecule has 0 atom stereocenters. The third-order valence-corrected chi connectivity index (χ3v) is 5.18. The fourth-order valence-corrected chi connectivity index (χ4v) is 3.80. The van der Waals surface area contributed by atoms with Crippen LogP contribution in [0.2, 0.25) is 0 Å². The van der Waals surface area contributed by atoms with Gasteiger partial charge in [-0.25, -0.2) is 9.37 Å². The molecule has 0 bridgehead atoms. The number of benzene rings is 1. The van der Waals surface area contributed by atoms with Gasteiger partial charge in [0.15, 0.2) is 5.76 Å². The Hall–Kier alpha value is -3.40. The average Bonchev–Trinajstić information content (AvgIpc) is 3.30. The molecule has 4 aromatic rings. The molecule has 0 radical (unpaired) electrons. The summed E-state index contributed by atoms with van der Waals surface area (Å²) in [6.07, 6.45) is -3.40. The Morgan fingerprint density at radius 2 is 1.90 bits per heavy atom. The van der Waals surface area contributed by atoms with Gasteiger partial charge in [-0.15, -0.1) is 11.3 Å². The second kappa shape index (κ2) is 6.89. The molecule has 0 aliphatic heterocycles. The molecule has 0 aliphatic rings. The first-order valence-electron chi connectivity index (χ1n) is 8.15. The topological polar surface area (TPSA) is 81.2 Å². The van der Waals surface area contributed by atoms with Crippen LogP contribution in [0.25, 0.3) is 21.7 Å². The summed E-state index contributed by atoms with van der Waals surface area (Å²) in [4.78, 5) is 16.6. The average molecular weight is 421 g/mol. The number of carbonyl (C=O) groups is 1. The smallest absolute Gasteiger partial charge is 0.417 e. The van der Waals surface area contributed by atoms with Crippen molar-refractivity contribution in [2.75, 3.05) is 11.1 Å². The van der Waals surface area contributed by atoms with Crippen molar-refractivity contribution in [3.63, 3.8) is 0 Å².